The Balaban J connectivity index is 1.53. The summed E-state index contributed by atoms with van der Waals surface area (Å²) < 4.78 is 27.2. The molecule has 0 saturated heterocycles. The first-order valence-corrected chi connectivity index (χ1v) is 10.4. The van der Waals surface area contributed by atoms with Gasteiger partial charge < -0.3 is 29.4 Å². The maximum Gasteiger partial charge on any atom is 0.356 e. The Bertz CT molecular complexity index is 1310. The molecule has 3 aromatic heterocycles. The average molecular weight is 453 g/mol. The summed E-state index contributed by atoms with van der Waals surface area (Å²) in [5, 5.41) is 13.3. The van der Waals surface area contributed by atoms with E-state index in [0.717, 1.165) is 11.1 Å². The van der Waals surface area contributed by atoms with E-state index in [4.69, 9.17) is 9.47 Å². The molecule has 4 aromatic rings. The number of carboxylic acid groups (broad SMARTS) is 1. The second-order valence-corrected chi connectivity index (χ2v) is 7.32. The van der Waals surface area contributed by atoms with E-state index in [0.29, 0.717) is 48.2 Å². The summed E-state index contributed by atoms with van der Waals surface area (Å²) in [6.45, 7) is 5.02. The quantitative estimate of drug-likeness (QED) is 0.350. The van der Waals surface area contributed by atoms with Gasteiger partial charge in [0, 0.05) is 36.3 Å². The smallest absolute Gasteiger partial charge is 0.356 e. The van der Waals surface area contributed by atoms with Crippen LogP contribution in [0.15, 0.2) is 36.7 Å². The van der Waals surface area contributed by atoms with Crippen molar-refractivity contribution in [2.75, 3.05) is 25.6 Å². The van der Waals surface area contributed by atoms with E-state index in [1.54, 1.807) is 32.2 Å². The first kappa shape index (κ1) is 22.1. The number of hydrogen-bond acceptors (Lipinski definition) is 6. The van der Waals surface area contributed by atoms with Gasteiger partial charge in [0.2, 0.25) is 0 Å². The number of aromatic amines is 1. The number of anilines is 1. The van der Waals surface area contributed by atoms with E-state index in [1.165, 1.54) is 12.4 Å². The lowest BCUT2D eigenvalue weighted by Crippen LogP contribution is -2.13. The molecule has 0 radical (unpaired) electrons. The van der Waals surface area contributed by atoms with Gasteiger partial charge in [0.1, 0.15) is 23.7 Å². The molecule has 3 heterocycles. The summed E-state index contributed by atoms with van der Waals surface area (Å²) in [6, 6.07) is 8.23. The minimum absolute atomic E-state index is 0.0348. The molecule has 0 bridgehead atoms. The van der Waals surface area contributed by atoms with E-state index in [-0.39, 0.29) is 17.3 Å². The van der Waals surface area contributed by atoms with Crippen LogP contribution in [0, 0.1) is 12.7 Å². The minimum Gasteiger partial charge on any atom is -0.496 e. The highest BCUT2D eigenvalue weighted by Crippen LogP contribution is 2.31. The Kier molecular flexibility index (Phi) is 6.16. The highest BCUT2D eigenvalue weighted by molar-refractivity contribution is 5.90. The van der Waals surface area contributed by atoms with Crippen molar-refractivity contribution in [1.29, 1.82) is 0 Å². The molecular formula is C23H24FN5O4. The number of nitrogens with one attached hydrogen (secondary N) is 2. The molecule has 0 aliphatic heterocycles. The number of H-pyrrole nitrogens is 1. The first-order chi connectivity index (χ1) is 15.9. The molecule has 0 aliphatic rings. The molecule has 9 nitrogen and oxygen atoms in total. The molecule has 0 amide bonds. The van der Waals surface area contributed by atoms with Crippen LogP contribution >= 0.6 is 0 Å². The van der Waals surface area contributed by atoms with Crippen LogP contribution in [0.1, 0.15) is 23.1 Å². The zero-order chi connectivity index (χ0) is 23.5. The Labute approximate surface area is 189 Å². The van der Waals surface area contributed by atoms with E-state index < -0.39 is 5.97 Å². The molecule has 3 N–H and O–H groups in total. The van der Waals surface area contributed by atoms with Crippen LogP contribution < -0.4 is 14.8 Å². The van der Waals surface area contributed by atoms with Gasteiger partial charge in [-0.2, -0.15) is 0 Å². The number of ether oxygens (including phenoxy) is 2. The van der Waals surface area contributed by atoms with E-state index >= 15 is 0 Å². The molecule has 0 unspecified atom stereocenters. The highest BCUT2D eigenvalue weighted by Gasteiger charge is 2.18. The number of carboxylic acids is 1. The fourth-order valence-corrected chi connectivity index (χ4v) is 3.80. The van der Waals surface area contributed by atoms with Crippen molar-refractivity contribution in [2.45, 2.75) is 20.4 Å². The van der Waals surface area contributed by atoms with Crippen molar-refractivity contribution < 1.29 is 23.8 Å². The molecule has 0 fully saturated rings. The number of methoxy groups -OCH3 is 1. The topological polar surface area (TPSA) is 114 Å². The van der Waals surface area contributed by atoms with Crippen LogP contribution in [-0.4, -0.2) is 50.9 Å². The zero-order valence-electron chi connectivity index (χ0n) is 18.5. The van der Waals surface area contributed by atoms with E-state index in [9.17, 15) is 14.3 Å². The fourth-order valence-electron chi connectivity index (χ4n) is 3.80. The van der Waals surface area contributed by atoms with Crippen molar-refractivity contribution in [3.8, 4) is 22.9 Å². The van der Waals surface area contributed by atoms with Crippen molar-refractivity contribution >= 4 is 22.7 Å². The third-order valence-corrected chi connectivity index (χ3v) is 5.28. The van der Waals surface area contributed by atoms with Crippen LogP contribution in [0.5, 0.6) is 11.5 Å². The van der Waals surface area contributed by atoms with Crippen LogP contribution in [0.4, 0.5) is 10.2 Å². The molecule has 172 valence electrons. The monoisotopic (exact) mass is 453 g/mol. The van der Waals surface area contributed by atoms with Gasteiger partial charge in [-0.05, 0) is 32.0 Å². The Morgan fingerprint density at radius 1 is 1.24 bits per heavy atom. The Morgan fingerprint density at radius 2 is 2.06 bits per heavy atom. The van der Waals surface area contributed by atoms with Crippen molar-refractivity contribution in [2.24, 2.45) is 0 Å². The van der Waals surface area contributed by atoms with Gasteiger partial charge in [0.25, 0.3) is 0 Å². The van der Waals surface area contributed by atoms with Crippen LogP contribution in [0.3, 0.4) is 0 Å². The minimum atomic E-state index is -1.12. The predicted molar refractivity (Wildman–Crippen MR) is 122 cm³/mol. The molecule has 33 heavy (non-hydrogen) atoms. The summed E-state index contributed by atoms with van der Waals surface area (Å²) in [5.41, 5.74) is 2.39. The number of benzene rings is 1. The van der Waals surface area contributed by atoms with Gasteiger partial charge >= 0.3 is 5.97 Å². The molecule has 0 spiro atoms. The molecule has 0 aliphatic carbocycles. The van der Waals surface area contributed by atoms with Crippen LogP contribution in [-0.2, 0) is 6.54 Å². The van der Waals surface area contributed by atoms with Gasteiger partial charge in [0.05, 0.1) is 30.6 Å². The number of aryl methyl sites for hydroxylation is 1. The number of aromatic carboxylic acids is 1. The number of hydrogen-bond donors (Lipinski definition) is 3. The van der Waals surface area contributed by atoms with Gasteiger partial charge in [-0.25, -0.2) is 19.2 Å². The van der Waals surface area contributed by atoms with E-state index in [1.807, 2.05) is 17.6 Å². The van der Waals surface area contributed by atoms with Gasteiger partial charge in [-0.15, -0.1) is 0 Å². The second kappa shape index (κ2) is 9.19. The molecular weight excluding hydrogens is 429 g/mol. The molecule has 0 atom stereocenters. The normalized spacial score (nSPS) is 11.0. The van der Waals surface area contributed by atoms with Crippen LogP contribution in [0.2, 0.25) is 0 Å². The summed E-state index contributed by atoms with van der Waals surface area (Å²) in [7, 11) is 1.56. The number of rotatable bonds is 9. The molecule has 4 rings (SSSR count). The van der Waals surface area contributed by atoms with Gasteiger partial charge in [0.15, 0.2) is 11.4 Å². The molecule has 1 aromatic carbocycles. The van der Waals surface area contributed by atoms with Gasteiger partial charge in [-0.1, -0.05) is 0 Å². The fraction of sp³-hybridized carbons (Fsp3) is 0.261. The number of halogens is 1. The molecule has 0 saturated carbocycles. The lowest BCUT2D eigenvalue weighted by molar-refractivity contribution is 0.0687. The largest absolute Gasteiger partial charge is 0.496 e. The summed E-state index contributed by atoms with van der Waals surface area (Å²) in [5.74, 6) is 0.00137. The zero-order valence-corrected chi connectivity index (χ0v) is 18.5. The lowest BCUT2D eigenvalue weighted by atomic mass is 10.2. The highest BCUT2D eigenvalue weighted by atomic mass is 19.1. The Morgan fingerprint density at radius 3 is 2.79 bits per heavy atom. The third kappa shape index (κ3) is 4.32. The second-order valence-electron chi connectivity index (χ2n) is 7.32. The maximum atomic E-state index is 14.5. The maximum absolute atomic E-state index is 14.5. The first-order valence-electron chi connectivity index (χ1n) is 10.4. The summed E-state index contributed by atoms with van der Waals surface area (Å²) in [4.78, 5) is 22.7. The number of nitrogens with zero attached hydrogens (tertiary/aromatic N) is 3. The average Bonchev–Trinajstić information content (AvgIpc) is 3.37. The van der Waals surface area contributed by atoms with Crippen molar-refractivity contribution in [3.05, 3.63) is 53.9 Å². The molecule has 10 heteroatoms. The lowest BCUT2D eigenvalue weighted by Gasteiger charge is -2.11. The van der Waals surface area contributed by atoms with Crippen LogP contribution in [0.25, 0.3) is 22.3 Å². The SMILES string of the molecule is CCOc1cc(-c2cc(NCCn3c(C)cc4c(OC)ccc(F)c43)ncn2)[nH]c1C(=O)O. The summed E-state index contributed by atoms with van der Waals surface area (Å²) >= 11 is 0. The predicted octanol–water partition coefficient (Wildman–Crippen LogP) is 4.09. The Hall–Kier alpha value is -4.08. The standard InChI is InChI=1S/C23H24FN5O4/c1-4-33-19-10-17(28-21(19)23(30)31)16-11-20(27-12-26-16)25-7-8-29-13(2)9-14-18(32-3)6-5-15(24)22(14)29/h5-6,9-12,28H,4,7-8H2,1-3H3,(H,30,31)(H,25,26,27). The van der Waals surface area contributed by atoms with Crippen molar-refractivity contribution in [1.82, 2.24) is 19.5 Å². The third-order valence-electron chi connectivity index (χ3n) is 5.28. The summed E-state index contributed by atoms with van der Waals surface area (Å²) in [6.07, 6.45) is 1.39. The van der Waals surface area contributed by atoms with Crippen molar-refractivity contribution in [3.63, 3.8) is 0 Å². The number of carbonyl (C=O) groups is 1. The van der Waals surface area contributed by atoms with Gasteiger partial charge in [-0.3, -0.25) is 0 Å². The number of aromatic nitrogens is 4. The van der Waals surface area contributed by atoms with E-state index in [2.05, 4.69) is 20.3 Å². The number of fused-ring (bicyclic) bond motifs is 1.